The van der Waals surface area contributed by atoms with Crippen LogP contribution in [0, 0.1) is 33.3 Å². The Morgan fingerprint density at radius 2 is 1.74 bits per heavy atom. The monoisotopic (exact) mass is 394 g/mol. The van der Waals surface area contributed by atoms with Gasteiger partial charge >= 0.3 is 0 Å². The van der Waals surface area contributed by atoms with Crippen LogP contribution in [-0.4, -0.2) is 26.5 Å². The Balaban J connectivity index is 1.59. The van der Waals surface area contributed by atoms with E-state index in [1.165, 1.54) is 38.5 Å². The van der Waals surface area contributed by atoms with Crippen molar-refractivity contribution in [3.8, 4) is 5.75 Å². The first-order chi connectivity index (χ1) is 12.7. The number of methoxy groups -OCH3 is 1. The fourth-order valence-corrected chi connectivity index (χ4v) is 7.62. The standard InChI is InChI=1S/C19H26N2O5S/c1-12(19-9-13-5-14(10-19)7-15(6-13)11-19)20-27(24,25)18-4-3-16(21(22)23)8-17(18)26-2/h3-4,8,12-15,20H,5-7,9-11H2,1-2H3. The average Bonchev–Trinajstić information content (AvgIpc) is 2.59. The first-order valence-electron chi connectivity index (χ1n) is 9.57. The van der Waals surface area contributed by atoms with Crippen molar-refractivity contribution in [3.63, 3.8) is 0 Å². The van der Waals surface area contributed by atoms with Crippen molar-refractivity contribution >= 4 is 15.7 Å². The molecule has 4 aliphatic rings. The SMILES string of the molecule is COc1cc([N+](=O)[O-])ccc1S(=O)(=O)NC(C)C12CC3CC(CC(C3)C1)C2. The molecule has 4 bridgehead atoms. The lowest BCUT2D eigenvalue weighted by molar-refractivity contribution is -0.385. The number of non-ortho nitro benzene ring substituents is 1. The molecule has 4 fully saturated rings. The molecule has 0 saturated heterocycles. The molecule has 0 aromatic heterocycles. The van der Waals surface area contributed by atoms with Crippen molar-refractivity contribution in [2.45, 2.75) is 56.4 Å². The summed E-state index contributed by atoms with van der Waals surface area (Å²) in [5.41, 5.74) is -0.157. The van der Waals surface area contributed by atoms with E-state index in [4.69, 9.17) is 4.74 Å². The van der Waals surface area contributed by atoms with Gasteiger partial charge in [0.25, 0.3) is 5.69 Å². The van der Waals surface area contributed by atoms with Crippen LogP contribution in [0.3, 0.4) is 0 Å². The van der Waals surface area contributed by atoms with Crippen LogP contribution in [-0.2, 0) is 10.0 Å². The fraction of sp³-hybridized carbons (Fsp3) is 0.684. The molecule has 4 aliphatic carbocycles. The largest absolute Gasteiger partial charge is 0.495 e. The molecule has 0 amide bonds. The zero-order valence-electron chi connectivity index (χ0n) is 15.7. The Hall–Kier alpha value is -1.67. The summed E-state index contributed by atoms with van der Waals surface area (Å²) in [6.45, 7) is 1.97. The second-order valence-electron chi connectivity index (χ2n) is 8.72. The number of nitro groups is 1. The first-order valence-corrected chi connectivity index (χ1v) is 11.1. The summed E-state index contributed by atoms with van der Waals surface area (Å²) >= 11 is 0. The molecule has 1 aromatic rings. The Labute approximate surface area is 159 Å². The van der Waals surface area contributed by atoms with E-state index in [9.17, 15) is 18.5 Å². The molecule has 1 atom stereocenters. The van der Waals surface area contributed by atoms with Crippen LogP contribution in [0.15, 0.2) is 23.1 Å². The molecule has 0 heterocycles. The topological polar surface area (TPSA) is 98.5 Å². The highest BCUT2D eigenvalue weighted by molar-refractivity contribution is 7.89. The van der Waals surface area contributed by atoms with Crippen LogP contribution in [0.25, 0.3) is 0 Å². The predicted octanol–water partition coefficient (Wildman–Crippen LogP) is 3.49. The van der Waals surface area contributed by atoms with Gasteiger partial charge in [-0.15, -0.1) is 0 Å². The molecule has 27 heavy (non-hydrogen) atoms. The zero-order chi connectivity index (χ0) is 19.4. The molecule has 0 aliphatic heterocycles. The van der Waals surface area contributed by atoms with Gasteiger partial charge in [-0.25, -0.2) is 13.1 Å². The maximum Gasteiger partial charge on any atom is 0.273 e. The van der Waals surface area contributed by atoms with Gasteiger partial charge in [0.05, 0.1) is 18.1 Å². The third-order valence-corrected chi connectivity index (χ3v) is 8.56. The van der Waals surface area contributed by atoms with E-state index in [2.05, 4.69) is 4.72 Å². The molecule has 148 valence electrons. The summed E-state index contributed by atoms with van der Waals surface area (Å²) in [6, 6.07) is 3.44. The zero-order valence-corrected chi connectivity index (χ0v) is 16.5. The smallest absolute Gasteiger partial charge is 0.273 e. The van der Waals surface area contributed by atoms with Gasteiger partial charge in [0.1, 0.15) is 10.6 Å². The van der Waals surface area contributed by atoms with E-state index in [1.807, 2.05) is 6.92 Å². The third-order valence-electron chi connectivity index (χ3n) is 6.98. The lowest BCUT2D eigenvalue weighted by atomic mass is 9.48. The number of hydrogen-bond acceptors (Lipinski definition) is 5. The number of nitrogens with one attached hydrogen (secondary N) is 1. The maximum atomic E-state index is 13.0. The van der Waals surface area contributed by atoms with Crippen molar-refractivity contribution in [1.29, 1.82) is 0 Å². The van der Waals surface area contributed by atoms with Crippen molar-refractivity contribution in [1.82, 2.24) is 4.72 Å². The van der Waals surface area contributed by atoms with Gasteiger partial charge in [-0.3, -0.25) is 10.1 Å². The van der Waals surface area contributed by atoms with E-state index in [0.717, 1.165) is 43.1 Å². The summed E-state index contributed by atoms with van der Waals surface area (Å²) < 4.78 is 34.1. The highest BCUT2D eigenvalue weighted by atomic mass is 32.2. The van der Waals surface area contributed by atoms with Crippen LogP contribution in [0.4, 0.5) is 5.69 Å². The van der Waals surface area contributed by atoms with Gasteiger partial charge < -0.3 is 4.74 Å². The highest BCUT2D eigenvalue weighted by Gasteiger charge is 2.53. The van der Waals surface area contributed by atoms with E-state index < -0.39 is 14.9 Å². The summed E-state index contributed by atoms with van der Waals surface area (Å²) in [7, 11) is -2.52. The summed E-state index contributed by atoms with van der Waals surface area (Å²) in [5.74, 6) is 2.20. The molecule has 1 aromatic carbocycles. The van der Waals surface area contributed by atoms with Crippen molar-refractivity contribution < 1.29 is 18.1 Å². The van der Waals surface area contributed by atoms with Gasteiger partial charge in [0.15, 0.2) is 0 Å². The number of sulfonamides is 1. The van der Waals surface area contributed by atoms with Gasteiger partial charge in [-0.1, -0.05) is 0 Å². The van der Waals surface area contributed by atoms with Crippen LogP contribution in [0.5, 0.6) is 5.75 Å². The number of hydrogen-bond donors (Lipinski definition) is 1. The first kappa shape index (κ1) is 18.7. The lowest BCUT2D eigenvalue weighted by Crippen LogP contribution is -2.55. The van der Waals surface area contributed by atoms with Crippen molar-refractivity contribution in [2.24, 2.45) is 23.2 Å². The number of rotatable bonds is 6. The van der Waals surface area contributed by atoms with Crippen LogP contribution >= 0.6 is 0 Å². The second-order valence-corrected chi connectivity index (χ2v) is 10.4. The highest BCUT2D eigenvalue weighted by Crippen LogP contribution is 2.61. The molecule has 1 N–H and O–H groups in total. The second kappa shape index (κ2) is 6.44. The number of benzene rings is 1. The lowest BCUT2D eigenvalue weighted by Gasteiger charge is -2.59. The molecular formula is C19H26N2O5S. The van der Waals surface area contributed by atoms with Crippen LogP contribution in [0.2, 0.25) is 0 Å². The summed E-state index contributed by atoms with van der Waals surface area (Å²) in [6.07, 6.45) is 7.19. The van der Waals surface area contributed by atoms with E-state index in [1.54, 1.807) is 0 Å². The molecule has 5 rings (SSSR count). The van der Waals surface area contributed by atoms with Crippen LogP contribution in [0.1, 0.15) is 45.4 Å². The predicted molar refractivity (Wildman–Crippen MR) is 100 cm³/mol. The molecule has 0 radical (unpaired) electrons. The Kier molecular flexibility index (Phi) is 4.46. The minimum atomic E-state index is -3.84. The summed E-state index contributed by atoms with van der Waals surface area (Å²) in [5, 5.41) is 11.0. The molecule has 7 nitrogen and oxygen atoms in total. The van der Waals surface area contributed by atoms with Crippen molar-refractivity contribution in [2.75, 3.05) is 7.11 Å². The van der Waals surface area contributed by atoms with E-state index in [0.29, 0.717) is 0 Å². The van der Waals surface area contributed by atoms with Crippen molar-refractivity contribution in [3.05, 3.63) is 28.3 Å². The third kappa shape index (κ3) is 3.23. The van der Waals surface area contributed by atoms with E-state index in [-0.39, 0.29) is 27.8 Å². The minimum absolute atomic E-state index is 0.00517. The molecular weight excluding hydrogens is 368 g/mol. The van der Waals surface area contributed by atoms with Gasteiger partial charge in [0.2, 0.25) is 10.0 Å². The Morgan fingerprint density at radius 3 is 2.22 bits per heavy atom. The molecule has 4 saturated carbocycles. The molecule has 1 unspecified atom stereocenters. The summed E-state index contributed by atoms with van der Waals surface area (Å²) in [4.78, 5) is 10.3. The Bertz CT molecular complexity index is 832. The average molecular weight is 394 g/mol. The minimum Gasteiger partial charge on any atom is -0.495 e. The number of nitro benzene ring substituents is 1. The van der Waals surface area contributed by atoms with Gasteiger partial charge in [-0.2, -0.15) is 0 Å². The molecule has 8 heteroatoms. The van der Waals surface area contributed by atoms with Gasteiger partial charge in [0, 0.05) is 12.1 Å². The van der Waals surface area contributed by atoms with E-state index >= 15 is 0 Å². The van der Waals surface area contributed by atoms with Crippen LogP contribution < -0.4 is 9.46 Å². The molecule has 0 spiro atoms. The normalized spacial score (nSPS) is 33.0. The number of nitrogens with zero attached hydrogens (tertiary/aromatic N) is 1. The quantitative estimate of drug-likeness (QED) is 0.588. The fourth-order valence-electron chi connectivity index (χ4n) is 6.12. The number of ether oxygens (including phenoxy) is 1. The van der Waals surface area contributed by atoms with Gasteiger partial charge in [-0.05, 0) is 74.7 Å². The Morgan fingerprint density at radius 1 is 1.19 bits per heavy atom. The maximum absolute atomic E-state index is 13.0.